The predicted molar refractivity (Wildman–Crippen MR) is 108 cm³/mol. The third-order valence-corrected chi connectivity index (χ3v) is 5.71. The van der Waals surface area contributed by atoms with Crippen molar-refractivity contribution in [3.8, 4) is 0 Å². The molecule has 0 bridgehead atoms. The van der Waals surface area contributed by atoms with Crippen LogP contribution in [-0.4, -0.2) is 30.4 Å². The van der Waals surface area contributed by atoms with E-state index in [0.29, 0.717) is 22.0 Å². The van der Waals surface area contributed by atoms with E-state index in [0.717, 1.165) is 10.1 Å². The zero-order valence-electron chi connectivity index (χ0n) is 14.8. The van der Waals surface area contributed by atoms with Crippen LogP contribution in [0.4, 0.5) is 5.69 Å². The second-order valence-corrected chi connectivity index (χ2v) is 7.78. The number of carbonyl (C=O) groups is 3. The van der Waals surface area contributed by atoms with E-state index < -0.39 is 6.04 Å². The second-order valence-electron chi connectivity index (χ2n) is 5.75. The molecule has 3 aromatic rings. The van der Waals surface area contributed by atoms with Gasteiger partial charge in [0.1, 0.15) is 10.9 Å². The molecular weight excluding hydrogens is 384 g/mol. The fourth-order valence-electron chi connectivity index (χ4n) is 2.42. The molecule has 2 heterocycles. The first-order valence-electron chi connectivity index (χ1n) is 8.34. The van der Waals surface area contributed by atoms with E-state index in [4.69, 9.17) is 4.74 Å². The van der Waals surface area contributed by atoms with E-state index in [1.54, 1.807) is 49.6 Å². The molecule has 1 atom stereocenters. The Hall–Kier alpha value is -2.71. The van der Waals surface area contributed by atoms with Crippen molar-refractivity contribution in [2.24, 2.45) is 0 Å². The lowest BCUT2D eigenvalue weighted by Crippen LogP contribution is -2.41. The van der Waals surface area contributed by atoms with Gasteiger partial charge < -0.3 is 15.4 Å². The van der Waals surface area contributed by atoms with E-state index in [9.17, 15) is 14.4 Å². The summed E-state index contributed by atoms with van der Waals surface area (Å²) >= 11 is 2.66. The van der Waals surface area contributed by atoms with Gasteiger partial charge in [0.15, 0.2) is 0 Å². The largest absolute Gasteiger partial charge is 0.462 e. The molecule has 0 aliphatic rings. The maximum Gasteiger partial charge on any atom is 0.348 e. The Morgan fingerprint density at radius 1 is 1.15 bits per heavy atom. The van der Waals surface area contributed by atoms with Gasteiger partial charge in [-0.2, -0.15) is 0 Å². The summed E-state index contributed by atoms with van der Waals surface area (Å²) in [4.78, 5) is 37.3. The minimum absolute atomic E-state index is 0.278. The molecule has 0 radical (unpaired) electrons. The zero-order chi connectivity index (χ0) is 19.4. The molecule has 2 amide bonds. The predicted octanol–water partition coefficient (Wildman–Crippen LogP) is 3.90. The van der Waals surface area contributed by atoms with Gasteiger partial charge in [-0.25, -0.2) is 4.79 Å². The molecule has 0 aliphatic carbocycles. The number of hydrogen-bond donors (Lipinski definition) is 2. The minimum Gasteiger partial charge on any atom is -0.462 e. The molecule has 27 heavy (non-hydrogen) atoms. The van der Waals surface area contributed by atoms with Crippen molar-refractivity contribution >= 4 is 56.2 Å². The lowest BCUT2D eigenvalue weighted by atomic mass is 10.2. The number of benzene rings is 1. The van der Waals surface area contributed by atoms with Crippen LogP contribution in [0.15, 0.2) is 41.8 Å². The zero-order valence-corrected chi connectivity index (χ0v) is 16.4. The van der Waals surface area contributed by atoms with Crippen molar-refractivity contribution in [1.29, 1.82) is 0 Å². The number of amides is 2. The molecule has 2 N–H and O–H groups in total. The third kappa shape index (κ3) is 4.53. The minimum atomic E-state index is -0.687. The highest BCUT2D eigenvalue weighted by Crippen LogP contribution is 2.28. The molecule has 140 valence electrons. The molecule has 1 aromatic carbocycles. The first-order chi connectivity index (χ1) is 13.0. The first kappa shape index (κ1) is 19.1. The van der Waals surface area contributed by atoms with Gasteiger partial charge in [-0.05, 0) is 54.9 Å². The van der Waals surface area contributed by atoms with Crippen LogP contribution >= 0.6 is 22.7 Å². The van der Waals surface area contributed by atoms with Gasteiger partial charge in [0.05, 0.1) is 11.5 Å². The highest BCUT2D eigenvalue weighted by molar-refractivity contribution is 7.20. The fourth-order valence-corrected chi connectivity index (χ4v) is 3.98. The lowest BCUT2D eigenvalue weighted by molar-refractivity contribution is -0.117. The number of fused-ring (bicyclic) bond motifs is 1. The number of rotatable bonds is 6. The van der Waals surface area contributed by atoms with E-state index in [-0.39, 0.29) is 17.8 Å². The Morgan fingerprint density at radius 3 is 2.67 bits per heavy atom. The SMILES string of the molecule is CCOC(=O)c1cc2cc(NC(=O)[C@H](C)NC(=O)c3cccs3)ccc2s1. The summed E-state index contributed by atoms with van der Waals surface area (Å²) in [7, 11) is 0. The van der Waals surface area contributed by atoms with Gasteiger partial charge >= 0.3 is 5.97 Å². The van der Waals surface area contributed by atoms with Crippen LogP contribution in [-0.2, 0) is 9.53 Å². The number of thiophene rings is 2. The van der Waals surface area contributed by atoms with E-state index in [2.05, 4.69) is 10.6 Å². The molecule has 0 spiro atoms. The van der Waals surface area contributed by atoms with Gasteiger partial charge in [-0.3, -0.25) is 9.59 Å². The van der Waals surface area contributed by atoms with Crippen LogP contribution in [0, 0.1) is 0 Å². The third-order valence-electron chi connectivity index (χ3n) is 3.75. The second kappa shape index (κ2) is 8.32. The van der Waals surface area contributed by atoms with Crippen molar-refractivity contribution in [2.45, 2.75) is 19.9 Å². The molecule has 8 heteroatoms. The van der Waals surface area contributed by atoms with Crippen LogP contribution in [0.1, 0.15) is 33.2 Å². The van der Waals surface area contributed by atoms with Crippen molar-refractivity contribution in [1.82, 2.24) is 5.32 Å². The monoisotopic (exact) mass is 402 g/mol. The average Bonchev–Trinajstić information content (AvgIpc) is 3.31. The Morgan fingerprint density at radius 2 is 1.96 bits per heavy atom. The van der Waals surface area contributed by atoms with E-state index in [1.165, 1.54) is 22.7 Å². The van der Waals surface area contributed by atoms with Gasteiger partial charge in [-0.1, -0.05) is 6.07 Å². The molecule has 0 saturated heterocycles. The molecular formula is C19H18N2O4S2. The summed E-state index contributed by atoms with van der Waals surface area (Å²) in [6.07, 6.45) is 0. The summed E-state index contributed by atoms with van der Waals surface area (Å²) in [5.74, 6) is -0.950. The number of esters is 1. The van der Waals surface area contributed by atoms with Gasteiger partial charge in [-0.15, -0.1) is 22.7 Å². The van der Waals surface area contributed by atoms with Gasteiger partial charge in [0, 0.05) is 10.4 Å². The van der Waals surface area contributed by atoms with E-state index in [1.807, 2.05) is 6.07 Å². The van der Waals surface area contributed by atoms with Crippen LogP contribution in [0.2, 0.25) is 0 Å². The lowest BCUT2D eigenvalue weighted by Gasteiger charge is -2.13. The number of carbonyl (C=O) groups excluding carboxylic acids is 3. The van der Waals surface area contributed by atoms with Crippen LogP contribution in [0.3, 0.4) is 0 Å². The van der Waals surface area contributed by atoms with Crippen molar-refractivity contribution < 1.29 is 19.1 Å². The molecule has 0 unspecified atom stereocenters. The number of anilines is 1. The Kier molecular flexibility index (Phi) is 5.88. The maximum atomic E-state index is 12.4. The normalized spacial score (nSPS) is 11.8. The van der Waals surface area contributed by atoms with Gasteiger partial charge in [0.2, 0.25) is 5.91 Å². The van der Waals surface area contributed by atoms with Crippen LogP contribution in [0.25, 0.3) is 10.1 Å². The Bertz CT molecular complexity index is 979. The summed E-state index contributed by atoms with van der Waals surface area (Å²) in [6, 6.07) is 9.94. The van der Waals surface area contributed by atoms with Crippen LogP contribution < -0.4 is 10.6 Å². The van der Waals surface area contributed by atoms with Crippen molar-refractivity contribution in [2.75, 3.05) is 11.9 Å². The first-order valence-corrected chi connectivity index (χ1v) is 10.0. The quantitative estimate of drug-likeness (QED) is 0.613. The average molecular weight is 402 g/mol. The van der Waals surface area contributed by atoms with Crippen molar-refractivity contribution in [3.63, 3.8) is 0 Å². The van der Waals surface area contributed by atoms with Gasteiger partial charge in [0.25, 0.3) is 5.91 Å². The van der Waals surface area contributed by atoms with Crippen LogP contribution in [0.5, 0.6) is 0 Å². The molecule has 2 aromatic heterocycles. The topological polar surface area (TPSA) is 84.5 Å². The molecule has 0 aliphatic heterocycles. The van der Waals surface area contributed by atoms with E-state index >= 15 is 0 Å². The molecule has 0 fully saturated rings. The maximum absolute atomic E-state index is 12.4. The summed E-state index contributed by atoms with van der Waals surface area (Å²) in [5, 5.41) is 8.11. The molecule has 3 rings (SSSR count). The Labute approximate surface area is 164 Å². The molecule has 6 nitrogen and oxygen atoms in total. The summed E-state index contributed by atoms with van der Waals surface area (Å²) < 4.78 is 5.94. The van der Waals surface area contributed by atoms with Crippen molar-refractivity contribution in [3.05, 3.63) is 51.5 Å². The molecule has 0 saturated carbocycles. The highest BCUT2D eigenvalue weighted by atomic mass is 32.1. The summed E-state index contributed by atoms with van der Waals surface area (Å²) in [5.41, 5.74) is 0.595. The standard InChI is InChI=1S/C19H18N2O4S2/c1-3-25-19(24)16-10-12-9-13(6-7-14(12)27-16)21-17(22)11(2)20-18(23)15-5-4-8-26-15/h4-11H,3H2,1-2H3,(H,20,23)(H,21,22)/t11-/m0/s1. The number of nitrogens with one attached hydrogen (secondary N) is 2. The smallest absolute Gasteiger partial charge is 0.348 e. The summed E-state index contributed by atoms with van der Waals surface area (Å²) in [6.45, 7) is 3.71. The highest BCUT2D eigenvalue weighted by Gasteiger charge is 2.18. The number of hydrogen-bond acceptors (Lipinski definition) is 6. The number of ether oxygens (including phenoxy) is 1. The fraction of sp³-hybridized carbons (Fsp3) is 0.211. The Balaban J connectivity index is 1.67.